The Morgan fingerprint density at radius 1 is 1.56 bits per heavy atom. The van der Waals surface area contributed by atoms with Gasteiger partial charge in [-0.2, -0.15) is 6.07 Å². The summed E-state index contributed by atoms with van der Waals surface area (Å²) in [5, 5.41) is 0. The fourth-order valence-electron chi connectivity index (χ4n) is 0.401. The maximum Gasteiger partial charge on any atom is 2.00 e. The van der Waals surface area contributed by atoms with Crippen LogP contribution in [0.25, 0.3) is 6.20 Å². The van der Waals surface area contributed by atoms with Crippen molar-refractivity contribution in [3.8, 4) is 0 Å². The van der Waals surface area contributed by atoms with Crippen molar-refractivity contribution in [2.45, 2.75) is 0 Å². The van der Waals surface area contributed by atoms with Crippen molar-refractivity contribution in [2.75, 3.05) is 0 Å². The van der Waals surface area contributed by atoms with Gasteiger partial charge in [-0.25, -0.2) is 0 Å². The Morgan fingerprint density at radius 3 is 2.44 bits per heavy atom. The van der Waals surface area contributed by atoms with Crippen LogP contribution in [0, 0.1) is 12.8 Å². The quantitative estimate of drug-likeness (QED) is 0.557. The van der Waals surface area contributed by atoms with Crippen molar-refractivity contribution in [1.29, 1.82) is 0 Å². The number of rotatable bonds is 1. The molecular weight excluding hydrogens is 454 g/mol. The Kier molecular flexibility index (Phi) is 8.77. The Bertz CT molecular complexity index is 146. The molecule has 0 saturated heterocycles. The first kappa shape index (κ1) is 12.1. The topological polar surface area (TPSA) is 4.93 Å². The van der Waals surface area contributed by atoms with Gasteiger partial charge in [0.05, 0.1) is 0 Å². The minimum absolute atomic E-state index is 0. The molecule has 0 aliphatic rings. The van der Waals surface area contributed by atoms with E-state index in [2.05, 4.69) is 6.20 Å². The van der Waals surface area contributed by atoms with Gasteiger partial charge in [0.1, 0.15) is 0 Å². The number of hydrogen-bond donors (Lipinski definition) is 0. The van der Waals surface area contributed by atoms with Crippen LogP contribution in [0.15, 0.2) is 18.3 Å². The molecule has 1 nitrogen and oxygen atoms in total. The molecule has 46 valence electrons. The first-order chi connectivity index (χ1) is 3.43. The molecule has 0 aliphatic carbocycles. The average Bonchev–Trinajstić information content (AvgIpc) is 2.14. The Balaban J connectivity index is 0. The molecule has 0 spiro atoms. The van der Waals surface area contributed by atoms with Gasteiger partial charge in [-0.15, -0.1) is 12.3 Å². The molecule has 0 radical (unpaired) electrons. The summed E-state index contributed by atoms with van der Waals surface area (Å²) in [4.78, 5) is 0. The number of aromatic nitrogens is 1. The predicted molar refractivity (Wildman–Crippen MR) is 28.3 cm³/mol. The van der Waals surface area contributed by atoms with E-state index < -0.39 is 0 Å². The van der Waals surface area contributed by atoms with E-state index in [-0.39, 0.29) is 42.1 Å². The van der Waals surface area contributed by atoms with Crippen LogP contribution in [0.4, 0.5) is 0 Å². The summed E-state index contributed by atoms with van der Waals surface area (Å²) >= 11 is 0. The molecule has 1 heterocycles. The molecule has 0 fully saturated rings. The van der Waals surface area contributed by atoms with Crippen molar-refractivity contribution in [3.05, 3.63) is 31.1 Å². The van der Waals surface area contributed by atoms with Crippen LogP contribution in [0.3, 0.4) is 0 Å². The molecular formula is C6H5NW2. The first-order valence-electron chi connectivity index (χ1n) is 2.03. The third-order valence-corrected chi connectivity index (χ3v) is 0.727. The van der Waals surface area contributed by atoms with Crippen LogP contribution in [0.1, 0.15) is 0 Å². The van der Waals surface area contributed by atoms with Crippen molar-refractivity contribution in [2.24, 2.45) is 0 Å². The van der Waals surface area contributed by atoms with Crippen LogP contribution >= 0.6 is 0 Å². The van der Waals surface area contributed by atoms with Gasteiger partial charge in [0.2, 0.25) is 0 Å². The van der Waals surface area contributed by atoms with Gasteiger partial charge in [0.15, 0.2) is 0 Å². The predicted octanol–water partition coefficient (Wildman–Crippen LogP) is 1.19. The normalized spacial score (nSPS) is 6.67. The summed E-state index contributed by atoms with van der Waals surface area (Å²) in [6.07, 6.45) is 6.09. The minimum atomic E-state index is 0. The second-order valence-corrected chi connectivity index (χ2v) is 1.19. The third-order valence-electron chi connectivity index (χ3n) is 0.727. The van der Waals surface area contributed by atoms with Gasteiger partial charge in [0, 0.05) is 21.1 Å². The summed E-state index contributed by atoms with van der Waals surface area (Å²) in [7, 11) is 0. The van der Waals surface area contributed by atoms with E-state index in [1.165, 1.54) is 6.20 Å². The Hall–Kier alpha value is 0.397. The molecule has 1 aromatic heterocycles. The van der Waals surface area contributed by atoms with E-state index in [4.69, 9.17) is 6.58 Å². The number of hydrogen-bond acceptors (Lipinski definition) is 0. The van der Waals surface area contributed by atoms with Gasteiger partial charge in [-0.1, -0.05) is 6.20 Å². The fraction of sp³-hybridized carbons (Fsp3) is 0. The maximum absolute atomic E-state index is 5.10. The molecule has 0 unspecified atom stereocenters. The molecule has 1 rings (SSSR count). The number of nitrogens with zero attached hydrogens (tertiary/aromatic N) is 1. The second kappa shape index (κ2) is 6.52. The first-order valence-corrected chi connectivity index (χ1v) is 2.03. The van der Waals surface area contributed by atoms with Gasteiger partial charge >= 0.3 is 21.1 Å². The van der Waals surface area contributed by atoms with E-state index >= 15 is 0 Å². The molecule has 0 bridgehead atoms. The Morgan fingerprint density at radius 2 is 2.22 bits per heavy atom. The van der Waals surface area contributed by atoms with Crippen LogP contribution in [0.5, 0.6) is 0 Å². The average molecular weight is 459 g/mol. The Labute approximate surface area is 83.7 Å². The molecule has 0 atom stereocenters. The zero-order valence-corrected chi connectivity index (χ0v) is 10.5. The van der Waals surface area contributed by atoms with Crippen molar-refractivity contribution in [1.82, 2.24) is 4.57 Å². The van der Waals surface area contributed by atoms with E-state index in [9.17, 15) is 0 Å². The molecule has 0 saturated carbocycles. The van der Waals surface area contributed by atoms with Gasteiger partial charge in [0.25, 0.3) is 0 Å². The SMILES string of the molecule is [CH-]=Cn1[c-]ccc1.[W+2].[W]. The second-order valence-electron chi connectivity index (χ2n) is 1.19. The molecule has 0 aromatic carbocycles. The van der Waals surface area contributed by atoms with Gasteiger partial charge in [-0.05, 0) is 0 Å². The van der Waals surface area contributed by atoms with E-state index in [0.29, 0.717) is 0 Å². The molecule has 3 heteroatoms. The largest absolute Gasteiger partial charge is 2.00 e. The fourth-order valence-corrected chi connectivity index (χ4v) is 0.401. The molecule has 1 aromatic rings. The maximum atomic E-state index is 5.10. The van der Waals surface area contributed by atoms with Crippen molar-refractivity contribution >= 4 is 6.20 Å². The van der Waals surface area contributed by atoms with Crippen LogP contribution in [-0.2, 0) is 42.1 Å². The van der Waals surface area contributed by atoms with E-state index in [0.717, 1.165) is 0 Å². The third kappa shape index (κ3) is 3.89. The summed E-state index contributed by atoms with van der Waals surface area (Å²) in [6.45, 7) is 5.10. The van der Waals surface area contributed by atoms with Gasteiger partial charge in [-0.3, -0.25) is 6.20 Å². The summed E-state index contributed by atoms with van der Waals surface area (Å²) in [5.41, 5.74) is 0. The standard InChI is InChI=1S/C6H5N.2W/c1-2-7-5-3-4-6-7;;/h1-5H;;/q-2;;+2. The molecule has 0 aliphatic heterocycles. The molecule has 9 heavy (non-hydrogen) atoms. The summed E-state index contributed by atoms with van der Waals surface area (Å²) < 4.78 is 1.65. The van der Waals surface area contributed by atoms with E-state index in [1.807, 2.05) is 12.3 Å². The van der Waals surface area contributed by atoms with Crippen LogP contribution < -0.4 is 0 Å². The summed E-state index contributed by atoms with van der Waals surface area (Å²) in [5.74, 6) is 0. The zero-order chi connectivity index (χ0) is 5.11. The summed E-state index contributed by atoms with van der Waals surface area (Å²) in [6, 6.07) is 3.66. The van der Waals surface area contributed by atoms with Gasteiger partial charge < -0.3 is 11.1 Å². The van der Waals surface area contributed by atoms with Crippen molar-refractivity contribution in [3.63, 3.8) is 0 Å². The minimum Gasteiger partial charge on any atom is -0.551 e. The molecule has 0 amide bonds. The van der Waals surface area contributed by atoms with Crippen molar-refractivity contribution < 1.29 is 42.1 Å². The van der Waals surface area contributed by atoms with Crippen LogP contribution in [-0.4, -0.2) is 4.57 Å². The van der Waals surface area contributed by atoms with Crippen LogP contribution in [0.2, 0.25) is 0 Å². The zero-order valence-electron chi connectivity index (χ0n) is 4.65. The monoisotopic (exact) mass is 459 g/mol. The molecule has 0 N–H and O–H groups in total. The van der Waals surface area contributed by atoms with E-state index in [1.54, 1.807) is 10.6 Å². The smallest absolute Gasteiger partial charge is 0.551 e.